The fourth-order valence-electron chi connectivity index (χ4n) is 5.24. The molecule has 1 aromatic carbocycles. The molecule has 1 saturated heterocycles. The van der Waals surface area contributed by atoms with E-state index >= 15 is 4.39 Å². The molecule has 2 amide bonds. The van der Waals surface area contributed by atoms with Gasteiger partial charge in [0, 0.05) is 51.9 Å². The summed E-state index contributed by atoms with van der Waals surface area (Å²) in [5.41, 5.74) is 1.04. The molecule has 1 aromatic rings. The zero-order valence-electron chi connectivity index (χ0n) is 24.4. The SMILES string of the molecule is CCOC[C@@H](CC(C)C)NC(=O)[C@@H]1CNC[C@H](C(=O)N(c2cc(OCCCOC)c(CC)cc2F)C2CC2)C1. The van der Waals surface area contributed by atoms with Gasteiger partial charge in [-0.05, 0) is 56.6 Å². The second-order valence-electron chi connectivity index (χ2n) is 11.2. The standard InChI is InChI=1S/C30H48FN3O5/c1-6-21-15-26(31)27(16-28(21)39-12-8-11-37-5)34(25-9-10-25)30(36)23-14-22(17-32-18-23)29(35)33-24(13-20(3)4)19-38-7-2/h15-16,20,22-25,32H,6-14,17-19H2,1-5H3,(H,33,35)/t22-,23+,24+/m0/s1. The van der Waals surface area contributed by atoms with Crippen molar-refractivity contribution in [2.24, 2.45) is 17.8 Å². The van der Waals surface area contributed by atoms with Crippen LogP contribution in [0.3, 0.4) is 0 Å². The number of nitrogens with one attached hydrogen (secondary N) is 2. The highest BCUT2D eigenvalue weighted by Gasteiger charge is 2.41. The van der Waals surface area contributed by atoms with E-state index in [0.717, 1.165) is 31.2 Å². The number of ether oxygens (including phenoxy) is 3. The highest BCUT2D eigenvalue weighted by atomic mass is 19.1. The molecule has 2 aliphatic rings. The molecule has 2 fully saturated rings. The molecule has 9 heteroatoms. The molecule has 3 atom stereocenters. The van der Waals surface area contributed by atoms with Crippen molar-refractivity contribution in [2.75, 3.05) is 51.5 Å². The normalized spacial score (nSPS) is 20.1. The number of aryl methyl sites for hydroxylation is 1. The Balaban J connectivity index is 1.74. The molecule has 0 bridgehead atoms. The second kappa shape index (κ2) is 15.5. The van der Waals surface area contributed by atoms with Gasteiger partial charge in [0.05, 0.1) is 36.8 Å². The maximum Gasteiger partial charge on any atom is 0.231 e. The zero-order valence-corrected chi connectivity index (χ0v) is 24.4. The lowest BCUT2D eigenvalue weighted by molar-refractivity contribution is -0.129. The summed E-state index contributed by atoms with van der Waals surface area (Å²) in [6, 6.07) is 3.08. The van der Waals surface area contributed by atoms with Crippen LogP contribution in [0.1, 0.15) is 65.4 Å². The van der Waals surface area contributed by atoms with Gasteiger partial charge in [-0.15, -0.1) is 0 Å². The van der Waals surface area contributed by atoms with Gasteiger partial charge in [0.2, 0.25) is 11.8 Å². The summed E-state index contributed by atoms with van der Waals surface area (Å²) in [7, 11) is 1.64. The largest absolute Gasteiger partial charge is 0.493 e. The summed E-state index contributed by atoms with van der Waals surface area (Å²) in [6.07, 6.45) is 4.27. The molecule has 1 aliphatic heterocycles. The summed E-state index contributed by atoms with van der Waals surface area (Å²) in [5, 5.41) is 6.44. The molecule has 1 aliphatic carbocycles. The Labute approximate surface area is 233 Å². The van der Waals surface area contributed by atoms with E-state index in [1.165, 1.54) is 6.07 Å². The van der Waals surface area contributed by atoms with Crippen LogP contribution in [0.4, 0.5) is 10.1 Å². The highest BCUT2D eigenvalue weighted by Crippen LogP contribution is 2.38. The Hall–Kier alpha value is -2.23. The van der Waals surface area contributed by atoms with Crippen LogP contribution in [0.2, 0.25) is 0 Å². The third kappa shape index (κ3) is 9.15. The van der Waals surface area contributed by atoms with Gasteiger partial charge in [-0.25, -0.2) is 4.39 Å². The van der Waals surface area contributed by atoms with Gasteiger partial charge in [-0.1, -0.05) is 20.8 Å². The van der Waals surface area contributed by atoms with Crippen molar-refractivity contribution in [1.29, 1.82) is 0 Å². The number of hydrogen-bond acceptors (Lipinski definition) is 6. The van der Waals surface area contributed by atoms with Crippen LogP contribution in [0, 0.1) is 23.6 Å². The Bertz CT molecular complexity index is 939. The number of carbonyl (C=O) groups excluding carboxylic acids is 2. The Kier molecular flexibility index (Phi) is 12.5. The third-order valence-electron chi connectivity index (χ3n) is 7.37. The number of amides is 2. The van der Waals surface area contributed by atoms with Gasteiger partial charge < -0.3 is 29.7 Å². The van der Waals surface area contributed by atoms with Crippen LogP contribution in [-0.2, 0) is 25.5 Å². The fourth-order valence-corrected chi connectivity index (χ4v) is 5.24. The fraction of sp³-hybridized carbons (Fsp3) is 0.733. The van der Waals surface area contributed by atoms with E-state index in [1.807, 2.05) is 13.8 Å². The van der Waals surface area contributed by atoms with Gasteiger partial charge >= 0.3 is 0 Å². The Morgan fingerprint density at radius 1 is 1.15 bits per heavy atom. The number of carbonyl (C=O) groups is 2. The van der Waals surface area contributed by atoms with E-state index in [4.69, 9.17) is 14.2 Å². The number of rotatable bonds is 16. The van der Waals surface area contributed by atoms with Crippen LogP contribution in [0.15, 0.2) is 12.1 Å². The van der Waals surface area contributed by atoms with Crippen molar-refractivity contribution in [1.82, 2.24) is 10.6 Å². The van der Waals surface area contributed by atoms with Gasteiger partial charge in [0.25, 0.3) is 0 Å². The first-order valence-corrected chi connectivity index (χ1v) is 14.6. The number of piperidine rings is 1. The molecule has 0 radical (unpaired) electrons. The third-order valence-corrected chi connectivity index (χ3v) is 7.37. The van der Waals surface area contributed by atoms with E-state index in [9.17, 15) is 9.59 Å². The number of halogens is 1. The average Bonchev–Trinajstić information content (AvgIpc) is 3.76. The summed E-state index contributed by atoms with van der Waals surface area (Å²) >= 11 is 0. The number of anilines is 1. The van der Waals surface area contributed by atoms with Crippen molar-refractivity contribution in [3.63, 3.8) is 0 Å². The molecular weight excluding hydrogens is 501 g/mol. The molecule has 1 heterocycles. The maximum absolute atomic E-state index is 15.4. The zero-order chi connectivity index (χ0) is 28.4. The molecule has 8 nitrogen and oxygen atoms in total. The van der Waals surface area contributed by atoms with Crippen LogP contribution in [0.5, 0.6) is 5.75 Å². The van der Waals surface area contributed by atoms with Crippen molar-refractivity contribution in [3.05, 3.63) is 23.5 Å². The van der Waals surface area contributed by atoms with E-state index in [1.54, 1.807) is 18.1 Å². The lowest BCUT2D eigenvalue weighted by Crippen LogP contribution is -2.51. The van der Waals surface area contributed by atoms with Crippen molar-refractivity contribution in [3.8, 4) is 5.75 Å². The van der Waals surface area contributed by atoms with E-state index < -0.39 is 11.7 Å². The second-order valence-corrected chi connectivity index (χ2v) is 11.2. The molecule has 0 aromatic heterocycles. The maximum atomic E-state index is 15.4. The molecule has 0 spiro atoms. The number of methoxy groups -OCH3 is 1. The average molecular weight is 550 g/mol. The number of nitrogens with zero attached hydrogens (tertiary/aromatic N) is 1. The molecule has 1 saturated carbocycles. The first kappa shape index (κ1) is 31.3. The van der Waals surface area contributed by atoms with Crippen LogP contribution in [-0.4, -0.2) is 70.5 Å². The first-order chi connectivity index (χ1) is 18.8. The van der Waals surface area contributed by atoms with E-state index in [-0.39, 0.29) is 35.5 Å². The van der Waals surface area contributed by atoms with Crippen molar-refractivity contribution in [2.45, 2.75) is 78.3 Å². The minimum atomic E-state index is -0.415. The topological polar surface area (TPSA) is 89.1 Å². The summed E-state index contributed by atoms with van der Waals surface area (Å²) < 4.78 is 32.1. The van der Waals surface area contributed by atoms with Gasteiger partial charge in [-0.2, -0.15) is 0 Å². The van der Waals surface area contributed by atoms with Crippen LogP contribution >= 0.6 is 0 Å². The molecule has 39 heavy (non-hydrogen) atoms. The van der Waals surface area contributed by atoms with Gasteiger partial charge in [0.15, 0.2) is 0 Å². The minimum Gasteiger partial charge on any atom is -0.493 e. The Morgan fingerprint density at radius 3 is 2.54 bits per heavy atom. The summed E-state index contributed by atoms with van der Waals surface area (Å²) in [4.78, 5) is 28.7. The molecule has 220 valence electrons. The van der Waals surface area contributed by atoms with Gasteiger partial charge in [0.1, 0.15) is 11.6 Å². The van der Waals surface area contributed by atoms with E-state index in [2.05, 4.69) is 24.5 Å². The predicted octanol–water partition coefficient (Wildman–Crippen LogP) is 4.09. The van der Waals surface area contributed by atoms with E-state index in [0.29, 0.717) is 64.0 Å². The number of benzene rings is 1. The summed E-state index contributed by atoms with van der Waals surface area (Å²) in [6.45, 7) is 11.2. The molecule has 3 rings (SSSR count). The molecular formula is C30H48FN3O5. The van der Waals surface area contributed by atoms with Crippen molar-refractivity contribution < 1.29 is 28.2 Å². The predicted molar refractivity (Wildman–Crippen MR) is 151 cm³/mol. The quantitative estimate of drug-likeness (QED) is 0.302. The van der Waals surface area contributed by atoms with Crippen LogP contribution in [0.25, 0.3) is 0 Å². The summed E-state index contributed by atoms with van der Waals surface area (Å²) in [5.74, 6) is -0.337. The minimum absolute atomic E-state index is 0.0309. The van der Waals surface area contributed by atoms with Crippen molar-refractivity contribution >= 4 is 17.5 Å². The Morgan fingerprint density at radius 2 is 1.90 bits per heavy atom. The lowest BCUT2D eigenvalue weighted by Gasteiger charge is -2.34. The lowest BCUT2D eigenvalue weighted by atomic mass is 9.88. The smallest absolute Gasteiger partial charge is 0.231 e. The van der Waals surface area contributed by atoms with Gasteiger partial charge in [-0.3, -0.25) is 9.59 Å². The number of hydrogen-bond donors (Lipinski definition) is 2. The molecule has 2 N–H and O–H groups in total. The highest BCUT2D eigenvalue weighted by molar-refractivity contribution is 5.97. The molecule has 0 unspecified atom stereocenters. The first-order valence-electron chi connectivity index (χ1n) is 14.6. The van der Waals surface area contributed by atoms with Crippen LogP contribution < -0.4 is 20.3 Å². The monoisotopic (exact) mass is 549 g/mol.